The van der Waals surface area contributed by atoms with E-state index < -0.39 is 0 Å². The van der Waals surface area contributed by atoms with Gasteiger partial charge in [-0.25, -0.2) is 15.0 Å². The van der Waals surface area contributed by atoms with Gasteiger partial charge in [-0.05, 0) is 42.3 Å². The van der Waals surface area contributed by atoms with Crippen LogP contribution < -0.4 is 10.1 Å². The van der Waals surface area contributed by atoms with Gasteiger partial charge in [0.05, 0.1) is 23.7 Å². The monoisotopic (exact) mass is 476 g/mol. The van der Waals surface area contributed by atoms with E-state index in [-0.39, 0.29) is 11.8 Å². The van der Waals surface area contributed by atoms with Crippen LogP contribution in [0.4, 0.5) is 5.82 Å². The van der Waals surface area contributed by atoms with Gasteiger partial charge in [0.25, 0.3) is 0 Å². The van der Waals surface area contributed by atoms with Crippen LogP contribution in [0.2, 0.25) is 0 Å². The molecule has 2 N–H and O–H groups in total. The molecule has 1 amide bonds. The number of aryl methyl sites for hydroxylation is 1. The van der Waals surface area contributed by atoms with E-state index in [4.69, 9.17) is 15.1 Å². The maximum Gasteiger partial charge on any atom is 0.226 e. The van der Waals surface area contributed by atoms with Crippen LogP contribution >= 0.6 is 0 Å². The van der Waals surface area contributed by atoms with Gasteiger partial charge < -0.3 is 15.0 Å². The molecule has 0 saturated carbocycles. The van der Waals surface area contributed by atoms with Crippen molar-refractivity contribution in [3.05, 3.63) is 89.1 Å². The lowest BCUT2D eigenvalue weighted by atomic mass is 9.86. The standard InChI is InChI=1S/C26H20N8O2/c1-15-22-20(18-6-8-19(9-7-18)36-12-17-4-2-16(11-27)3-5-17)10-21(35)32-25(22)34(33-15)26-23-24(29-13-28-23)30-14-31-26/h2-9,13-14,20H,10,12H2,1H3,(H,32,35)(H,28,29,30,31). The number of nitrogens with zero attached hydrogens (tertiary/aromatic N) is 6. The highest BCUT2D eigenvalue weighted by Crippen LogP contribution is 2.40. The predicted molar refractivity (Wildman–Crippen MR) is 131 cm³/mol. The number of nitrogens with one attached hydrogen (secondary N) is 2. The minimum atomic E-state index is -0.158. The van der Waals surface area contributed by atoms with Gasteiger partial charge in [0.15, 0.2) is 11.5 Å². The fourth-order valence-electron chi connectivity index (χ4n) is 4.54. The van der Waals surface area contributed by atoms with Crippen LogP contribution in [0.15, 0.2) is 61.2 Å². The highest BCUT2D eigenvalue weighted by molar-refractivity contribution is 5.95. The van der Waals surface area contributed by atoms with Crippen LogP contribution in [-0.4, -0.2) is 35.6 Å². The molecular weight excluding hydrogens is 456 g/mol. The molecule has 6 rings (SSSR count). The molecular formula is C26H20N8O2. The number of ether oxygens (including phenoxy) is 1. The molecule has 3 aromatic heterocycles. The topological polar surface area (TPSA) is 134 Å². The van der Waals surface area contributed by atoms with Gasteiger partial charge in [0, 0.05) is 17.9 Å². The second-order valence-electron chi connectivity index (χ2n) is 8.53. The van der Waals surface area contributed by atoms with Crippen molar-refractivity contribution in [2.75, 3.05) is 5.32 Å². The minimum Gasteiger partial charge on any atom is -0.489 e. The number of hydrogen-bond donors (Lipinski definition) is 2. The molecule has 1 atom stereocenters. The molecule has 0 fully saturated rings. The van der Waals surface area contributed by atoms with Crippen LogP contribution in [0, 0.1) is 18.3 Å². The van der Waals surface area contributed by atoms with Crippen LogP contribution in [-0.2, 0) is 11.4 Å². The van der Waals surface area contributed by atoms with Crippen molar-refractivity contribution < 1.29 is 9.53 Å². The zero-order valence-corrected chi connectivity index (χ0v) is 19.3. The number of H-pyrrole nitrogens is 1. The molecule has 0 aliphatic carbocycles. The first-order valence-corrected chi connectivity index (χ1v) is 11.4. The second kappa shape index (κ2) is 8.63. The van der Waals surface area contributed by atoms with E-state index >= 15 is 0 Å². The summed E-state index contributed by atoms with van der Waals surface area (Å²) in [7, 11) is 0. The largest absolute Gasteiger partial charge is 0.489 e. The molecule has 1 aliphatic rings. The summed E-state index contributed by atoms with van der Waals surface area (Å²) < 4.78 is 7.56. The third-order valence-electron chi connectivity index (χ3n) is 6.28. The van der Waals surface area contributed by atoms with Gasteiger partial charge in [-0.15, -0.1) is 0 Å². The van der Waals surface area contributed by atoms with Crippen molar-refractivity contribution in [2.45, 2.75) is 25.9 Å². The van der Waals surface area contributed by atoms with Crippen molar-refractivity contribution in [3.8, 4) is 17.6 Å². The highest BCUT2D eigenvalue weighted by atomic mass is 16.5. The number of aromatic nitrogens is 6. The molecule has 1 aliphatic heterocycles. The Hall–Kier alpha value is -5.04. The fraction of sp³-hybridized carbons (Fsp3) is 0.154. The molecule has 5 aromatic rings. The van der Waals surface area contributed by atoms with Gasteiger partial charge in [0.2, 0.25) is 5.91 Å². The summed E-state index contributed by atoms with van der Waals surface area (Å²) in [6.45, 7) is 2.33. The third kappa shape index (κ3) is 3.73. The Morgan fingerprint density at radius 3 is 2.69 bits per heavy atom. The number of fused-ring (bicyclic) bond motifs is 2. The number of imidazole rings is 1. The van der Waals surface area contributed by atoms with Gasteiger partial charge in [0.1, 0.15) is 30.0 Å². The highest BCUT2D eigenvalue weighted by Gasteiger charge is 2.33. The average molecular weight is 477 g/mol. The molecule has 2 aromatic carbocycles. The number of carbonyl (C=O) groups excluding carboxylic acids is 1. The van der Waals surface area contributed by atoms with Crippen LogP contribution in [0.1, 0.15) is 40.3 Å². The van der Waals surface area contributed by atoms with Crippen molar-refractivity contribution in [2.24, 2.45) is 0 Å². The Balaban J connectivity index is 1.29. The third-order valence-corrected chi connectivity index (χ3v) is 6.28. The quantitative estimate of drug-likeness (QED) is 0.394. The number of benzene rings is 2. The molecule has 1 unspecified atom stereocenters. The average Bonchev–Trinajstić information content (AvgIpc) is 3.52. The van der Waals surface area contributed by atoms with Crippen LogP contribution in [0.25, 0.3) is 17.0 Å². The van der Waals surface area contributed by atoms with Gasteiger partial charge in [-0.2, -0.15) is 15.0 Å². The van der Waals surface area contributed by atoms with Gasteiger partial charge >= 0.3 is 0 Å². The number of hydrogen-bond acceptors (Lipinski definition) is 7. The molecule has 4 heterocycles. The Kier molecular flexibility index (Phi) is 5.15. The van der Waals surface area contributed by atoms with E-state index in [1.54, 1.807) is 23.1 Å². The Bertz CT molecular complexity index is 1630. The normalized spacial score (nSPS) is 14.8. The van der Waals surface area contributed by atoms with Gasteiger partial charge in [-0.3, -0.25) is 4.79 Å². The molecule has 10 nitrogen and oxygen atoms in total. The van der Waals surface area contributed by atoms with Crippen molar-refractivity contribution in [1.29, 1.82) is 5.26 Å². The van der Waals surface area contributed by atoms with Crippen LogP contribution in [0.3, 0.4) is 0 Å². The number of carbonyl (C=O) groups is 1. The SMILES string of the molecule is Cc1nn(-c2ncnc3nc[nH]c23)c2c1C(c1ccc(OCc3ccc(C#N)cc3)cc1)CC(=O)N2. The second-order valence-corrected chi connectivity index (χ2v) is 8.53. The zero-order chi connectivity index (χ0) is 24.6. The van der Waals surface area contributed by atoms with E-state index in [9.17, 15) is 4.79 Å². The number of aromatic amines is 1. The van der Waals surface area contributed by atoms with E-state index in [0.29, 0.717) is 41.4 Å². The number of anilines is 1. The summed E-state index contributed by atoms with van der Waals surface area (Å²) >= 11 is 0. The van der Waals surface area contributed by atoms with E-state index in [1.165, 1.54) is 6.33 Å². The Labute approximate surface area is 205 Å². The lowest BCUT2D eigenvalue weighted by molar-refractivity contribution is -0.116. The summed E-state index contributed by atoms with van der Waals surface area (Å²) in [5, 5.41) is 16.6. The van der Waals surface area contributed by atoms with Crippen LogP contribution in [0.5, 0.6) is 5.75 Å². The maximum absolute atomic E-state index is 12.7. The number of nitriles is 1. The number of rotatable bonds is 5. The Morgan fingerprint density at radius 1 is 1.11 bits per heavy atom. The molecule has 10 heteroatoms. The van der Waals surface area contributed by atoms with E-state index in [0.717, 1.165) is 28.1 Å². The smallest absolute Gasteiger partial charge is 0.226 e. The summed E-state index contributed by atoms with van der Waals surface area (Å²) in [6, 6.07) is 17.2. The molecule has 0 saturated heterocycles. The fourth-order valence-corrected chi connectivity index (χ4v) is 4.54. The first-order chi connectivity index (χ1) is 17.6. The maximum atomic E-state index is 12.7. The summed E-state index contributed by atoms with van der Waals surface area (Å²) in [6.07, 6.45) is 3.30. The first-order valence-electron chi connectivity index (χ1n) is 11.4. The molecule has 36 heavy (non-hydrogen) atoms. The number of amides is 1. The minimum absolute atomic E-state index is 0.0929. The Morgan fingerprint density at radius 2 is 1.92 bits per heavy atom. The van der Waals surface area contributed by atoms with Crippen molar-refractivity contribution in [3.63, 3.8) is 0 Å². The summed E-state index contributed by atoms with van der Waals surface area (Å²) in [5.74, 6) is 1.59. The van der Waals surface area contributed by atoms with E-state index in [2.05, 4.69) is 31.3 Å². The van der Waals surface area contributed by atoms with E-state index in [1.807, 2.05) is 43.3 Å². The summed E-state index contributed by atoms with van der Waals surface area (Å²) in [5.41, 5.74) is 5.51. The first kappa shape index (κ1) is 21.5. The zero-order valence-electron chi connectivity index (χ0n) is 19.3. The predicted octanol–water partition coefficient (Wildman–Crippen LogP) is 3.77. The molecule has 0 bridgehead atoms. The van der Waals surface area contributed by atoms with Crippen molar-refractivity contribution >= 4 is 22.9 Å². The lowest BCUT2D eigenvalue weighted by Crippen LogP contribution is -2.25. The van der Waals surface area contributed by atoms with Crippen molar-refractivity contribution in [1.82, 2.24) is 29.7 Å². The molecule has 0 radical (unpaired) electrons. The van der Waals surface area contributed by atoms with Gasteiger partial charge in [-0.1, -0.05) is 24.3 Å². The molecule has 176 valence electrons. The molecule has 0 spiro atoms. The summed E-state index contributed by atoms with van der Waals surface area (Å²) in [4.78, 5) is 28.5. The lowest BCUT2D eigenvalue weighted by Gasteiger charge is -2.24.